The van der Waals surface area contributed by atoms with E-state index in [0.29, 0.717) is 13.1 Å². The van der Waals surface area contributed by atoms with Crippen molar-refractivity contribution in [3.8, 4) is 16.3 Å². The third-order valence-electron chi connectivity index (χ3n) is 4.90. The summed E-state index contributed by atoms with van der Waals surface area (Å²) in [6.45, 7) is 4.92. The highest BCUT2D eigenvalue weighted by Gasteiger charge is 2.25. The smallest absolute Gasteiger partial charge is 0.265 e. The Morgan fingerprint density at radius 3 is 2.50 bits per heavy atom. The zero-order valence-corrected chi connectivity index (χ0v) is 16.8. The molecule has 1 amide bonds. The summed E-state index contributed by atoms with van der Waals surface area (Å²) in [5.41, 5.74) is 2.88. The second kappa shape index (κ2) is 7.98. The molecule has 0 N–H and O–H groups in total. The predicted octanol–water partition coefficient (Wildman–Crippen LogP) is 3.48. The fourth-order valence-corrected chi connectivity index (χ4v) is 4.34. The highest BCUT2D eigenvalue weighted by atomic mass is 32.1. The van der Waals surface area contributed by atoms with Crippen molar-refractivity contribution >= 4 is 22.9 Å². The van der Waals surface area contributed by atoms with Crippen LogP contribution >= 0.6 is 11.3 Å². The number of nitrogens with zero attached hydrogens (tertiary/aromatic N) is 4. The number of ether oxygens (including phenoxy) is 1. The molecule has 28 heavy (non-hydrogen) atoms. The van der Waals surface area contributed by atoms with E-state index in [1.54, 1.807) is 19.5 Å². The number of piperazine rings is 1. The third kappa shape index (κ3) is 3.71. The van der Waals surface area contributed by atoms with Crippen molar-refractivity contribution in [3.05, 3.63) is 59.4 Å². The molecule has 1 saturated heterocycles. The monoisotopic (exact) mass is 394 g/mol. The Morgan fingerprint density at radius 2 is 1.86 bits per heavy atom. The van der Waals surface area contributed by atoms with Crippen LogP contribution < -0.4 is 9.64 Å². The minimum absolute atomic E-state index is 0.0690. The molecular formula is C21H22N4O2S. The number of pyridine rings is 1. The van der Waals surface area contributed by atoms with Gasteiger partial charge in [-0.3, -0.25) is 9.78 Å². The van der Waals surface area contributed by atoms with Crippen LogP contribution in [0.4, 0.5) is 5.69 Å². The molecule has 6 nitrogen and oxygen atoms in total. The maximum atomic E-state index is 13.0. The van der Waals surface area contributed by atoms with E-state index in [-0.39, 0.29) is 5.91 Å². The maximum absolute atomic E-state index is 13.0. The Balaban J connectivity index is 1.43. The summed E-state index contributed by atoms with van der Waals surface area (Å²) >= 11 is 1.45. The second-order valence-corrected chi connectivity index (χ2v) is 7.65. The fraction of sp³-hybridized carbons (Fsp3) is 0.286. The van der Waals surface area contributed by atoms with Gasteiger partial charge in [-0.25, -0.2) is 4.98 Å². The lowest BCUT2D eigenvalue weighted by Crippen LogP contribution is -2.48. The molecule has 0 radical (unpaired) electrons. The Labute approximate surface area is 168 Å². The van der Waals surface area contributed by atoms with Crippen LogP contribution in [0.2, 0.25) is 0 Å². The Hall–Kier alpha value is -2.93. The van der Waals surface area contributed by atoms with Crippen molar-refractivity contribution in [2.45, 2.75) is 6.92 Å². The first-order valence-electron chi connectivity index (χ1n) is 9.22. The number of amides is 1. The molecule has 7 heteroatoms. The Morgan fingerprint density at radius 1 is 1.11 bits per heavy atom. The standard InChI is InChI=1S/C21H22N4O2S/c1-15-19(28-20(23-15)16-4-3-9-22-14-16)21(26)25-12-10-24(11-13-25)17-5-7-18(27-2)8-6-17/h3-9,14H,10-13H2,1-2H3. The molecular weight excluding hydrogens is 372 g/mol. The van der Waals surface area contributed by atoms with Gasteiger partial charge in [-0.2, -0.15) is 0 Å². The summed E-state index contributed by atoms with van der Waals surface area (Å²) in [6, 6.07) is 11.9. The van der Waals surface area contributed by atoms with Gasteiger partial charge in [0.05, 0.1) is 12.8 Å². The van der Waals surface area contributed by atoms with Crippen molar-refractivity contribution in [3.63, 3.8) is 0 Å². The van der Waals surface area contributed by atoms with Crippen LogP contribution in [-0.4, -0.2) is 54.1 Å². The van der Waals surface area contributed by atoms with Gasteiger partial charge in [-0.05, 0) is 43.3 Å². The first-order chi connectivity index (χ1) is 13.7. The highest BCUT2D eigenvalue weighted by molar-refractivity contribution is 7.17. The fourth-order valence-electron chi connectivity index (χ4n) is 3.31. The summed E-state index contributed by atoms with van der Waals surface area (Å²) in [7, 11) is 1.67. The molecule has 0 aliphatic carbocycles. The van der Waals surface area contributed by atoms with E-state index >= 15 is 0 Å². The summed E-state index contributed by atoms with van der Waals surface area (Å²) in [5, 5.41) is 0.839. The van der Waals surface area contributed by atoms with Gasteiger partial charge in [0, 0.05) is 49.8 Å². The first-order valence-corrected chi connectivity index (χ1v) is 10.0. The van der Waals surface area contributed by atoms with Crippen molar-refractivity contribution < 1.29 is 9.53 Å². The molecule has 0 atom stereocenters. The lowest BCUT2D eigenvalue weighted by molar-refractivity contribution is 0.0750. The van der Waals surface area contributed by atoms with Gasteiger partial charge in [-0.15, -0.1) is 11.3 Å². The van der Waals surface area contributed by atoms with Gasteiger partial charge in [0.2, 0.25) is 0 Å². The highest BCUT2D eigenvalue weighted by Crippen LogP contribution is 2.29. The van der Waals surface area contributed by atoms with Gasteiger partial charge >= 0.3 is 0 Å². The molecule has 1 aromatic carbocycles. The van der Waals surface area contributed by atoms with E-state index in [0.717, 1.165) is 45.7 Å². The van der Waals surface area contributed by atoms with Crippen molar-refractivity contribution in [2.75, 3.05) is 38.2 Å². The molecule has 1 aliphatic rings. The molecule has 0 unspecified atom stereocenters. The number of aromatic nitrogens is 2. The summed E-state index contributed by atoms with van der Waals surface area (Å²) < 4.78 is 5.22. The lowest BCUT2D eigenvalue weighted by Gasteiger charge is -2.36. The SMILES string of the molecule is COc1ccc(N2CCN(C(=O)c3sc(-c4cccnc4)nc3C)CC2)cc1. The second-order valence-electron chi connectivity index (χ2n) is 6.65. The number of methoxy groups -OCH3 is 1. The van der Waals surface area contributed by atoms with Crippen LogP contribution in [0.15, 0.2) is 48.8 Å². The van der Waals surface area contributed by atoms with Gasteiger partial charge in [0.25, 0.3) is 5.91 Å². The van der Waals surface area contributed by atoms with Crippen LogP contribution in [0.5, 0.6) is 5.75 Å². The largest absolute Gasteiger partial charge is 0.497 e. The van der Waals surface area contributed by atoms with Crippen molar-refractivity contribution in [1.82, 2.24) is 14.9 Å². The van der Waals surface area contributed by atoms with Crippen LogP contribution in [0.25, 0.3) is 10.6 Å². The zero-order valence-electron chi connectivity index (χ0n) is 16.0. The van der Waals surface area contributed by atoms with E-state index in [1.807, 2.05) is 36.1 Å². The van der Waals surface area contributed by atoms with Gasteiger partial charge in [0.1, 0.15) is 15.6 Å². The predicted molar refractivity (Wildman–Crippen MR) is 111 cm³/mol. The van der Waals surface area contributed by atoms with E-state index in [4.69, 9.17) is 4.74 Å². The number of aryl methyl sites for hydroxylation is 1. The Bertz CT molecular complexity index is 948. The van der Waals surface area contributed by atoms with Crippen molar-refractivity contribution in [1.29, 1.82) is 0 Å². The number of carbonyl (C=O) groups is 1. The molecule has 144 valence electrons. The van der Waals surface area contributed by atoms with Crippen molar-refractivity contribution in [2.24, 2.45) is 0 Å². The van der Waals surface area contributed by atoms with E-state index in [9.17, 15) is 4.79 Å². The first kappa shape index (κ1) is 18.4. The summed E-state index contributed by atoms with van der Waals surface area (Å²) in [6.07, 6.45) is 3.51. The van der Waals surface area contributed by atoms with E-state index in [2.05, 4.69) is 27.0 Å². The molecule has 2 aromatic heterocycles. The van der Waals surface area contributed by atoms with E-state index < -0.39 is 0 Å². The normalized spacial score (nSPS) is 14.2. The number of benzene rings is 1. The topological polar surface area (TPSA) is 58.6 Å². The molecule has 3 heterocycles. The summed E-state index contributed by atoms with van der Waals surface area (Å²) in [4.78, 5) is 26.7. The minimum atomic E-state index is 0.0690. The van der Waals surface area contributed by atoms with Gasteiger partial charge in [0.15, 0.2) is 0 Å². The average Bonchev–Trinajstić information content (AvgIpc) is 3.16. The number of thiazole rings is 1. The number of hydrogen-bond acceptors (Lipinski definition) is 6. The van der Waals surface area contributed by atoms with Gasteiger partial charge < -0.3 is 14.5 Å². The molecule has 3 aromatic rings. The molecule has 0 saturated carbocycles. The quantitative estimate of drug-likeness (QED) is 0.678. The molecule has 4 rings (SSSR count). The summed E-state index contributed by atoms with van der Waals surface area (Å²) in [5.74, 6) is 0.919. The third-order valence-corrected chi connectivity index (χ3v) is 6.10. The minimum Gasteiger partial charge on any atom is -0.497 e. The van der Waals surface area contributed by atoms with Crippen LogP contribution in [0, 0.1) is 6.92 Å². The molecule has 1 fully saturated rings. The number of carbonyl (C=O) groups excluding carboxylic acids is 1. The molecule has 0 bridgehead atoms. The van der Waals surface area contributed by atoms with Crippen LogP contribution in [0.1, 0.15) is 15.4 Å². The molecule has 0 spiro atoms. The number of rotatable bonds is 4. The number of hydrogen-bond donors (Lipinski definition) is 0. The lowest BCUT2D eigenvalue weighted by atomic mass is 10.2. The average molecular weight is 395 g/mol. The zero-order chi connectivity index (χ0) is 19.5. The molecule has 1 aliphatic heterocycles. The van der Waals surface area contributed by atoms with Gasteiger partial charge in [-0.1, -0.05) is 0 Å². The Kier molecular flexibility index (Phi) is 5.25. The maximum Gasteiger partial charge on any atom is 0.265 e. The van der Waals surface area contributed by atoms with E-state index in [1.165, 1.54) is 11.3 Å². The number of anilines is 1. The van der Waals surface area contributed by atoms with Crippen LogP contribution in [-0.2, 0) is 0 Å². The van der Waals surface area contributed by atoms with Crippen LogP contribution in [0.3, 0.4) is 0 Å².